The Kier molecular flexibility index (Phi) is 4.05. The standard InChI is InChI=1S/C15H17FN2/c1-11-7-15(16)4-3-13(11)9-18-10-14-5-6-17-8-12(14)2/h3-8,18H,9-10H2,1-2H3. The van der Waals surface area contributed by atoms with Gasteiger partial charge < -0.3 is 5.32 Å². The molecule has 0 saturated carbocycles. The van der Waals surface area contributed by atoms with Crippen LogP contribution in [-0.4, -0.2) is 4.98 Å². The number of hydrogen-bond donors (Lipinski definition) is 1. The first-order chi connectivity index (χ1) is 8.66. The third kappa shape index (κ3) is 3.14. The van der Waals surface area contributed by atoms with E-state index < -0.39 is 0 Å². The van der Waals surface area contributed by atoms with Crippen molar-refractivity contribution < 1.29 is 4.39 Å². The molecule has 0 fully saturated rings. The molecule has 0 aliphatic heterocycles. The van der Waals surface area contributed by atoms with E-state index in [2.05, 4.69) is 10.3 Å². The van der Waals surface area contributed by atoms with Gasteiger partial charge in [-0.2, -0.15) is 0 Å². The van der Waals surface area contributed by atoms with E-state index >= 15 is 0 Å². The number of aromatic nitrogens is 1. The van der Waals surface area contributed by atoms with Crippen molar-refractivity contribution in [2.24, 2.45) is 0 Å². The SMILES string of the molecule is Cc1cnccc1CNCc1ccc(F)cc1C. The molecule has 0 bridgehead atoms. The van der Waals surface area contributed by atoms with Crippen LogP contribution in [0.3, 0.4) is 0 Å². The molecule has 0 radical (unpaired) electrons. The highest BCUT2D eigenvalue weighted by Crippen LogP contribution is 2.10. The van der Waals surface area contributed by atoms with Gasteiger partial charge >= 0.3 is 0 Å². The highest BCUT2D eigenvalue weighted by atomic mass is 19.1. The molecule has 2 aromatic rings. The first kappa shape index (κ1) is 12.7. The Morgan fingerprint density at radius 3 is 2.44 bits per heavy atom. The summed E-state index contributed by atoms with van der Waals surface area (Å²) in [5.41, 5.74) is 4.53. The van der Waals surface area contributed by atoms with Crippen LogP contribution in [0.1, 0.15) is 22.3 Å². The first-order valence-electron chi connectivity index (χ1n) is 6.02. The summed E-state index contributed by atoms with van der Waals surface area (Å²) in [6.45, 7) is 5.52. The van der Waals surface area contributed by atoms with Gasteiger partial charge in [-0.1, -0.05) is 6.07 Å². The molecule has 0 spiro atoms. The Hall–Kier alpha value is -1.74. The molecule has 1 aromatic carbocycles. The van der Waals surface area contributed by atoms with Gasteiger partial charge in [-0.25, -0.2) is 4.39 Å². The second-order valence-corrected chi connectivity index (χ2v) is 4.48. The minimum Gasteiger partial charge on any atom is -0.309 e. The average molecular weight is 244 g/mol. The Labute approximate surface area is 107 Å². The monoisotopic (exact) mass is 244 g/mol. The molecule has 2 nitrogen and oxygen atoms in total. The van der Waals surface area contributed by atoms with Crippen molar-refractivity contribution in [3.63, 3.8) is 0 Å². The van der Waals surface area contributed by atoms with E-state index in [0.717, 1.165) is 24.2 Å². The van der Waals surface area contributed by atoms with Crippen molar-refractivity contribution in [2.75, 3.05) is 0 Å². The smallest absolute Gasteiger partial charge is 0.123 e. The molecule has 3 heteroatoms. The highest BCUT2D eigenvalue weighted by Gasteiger charge is 2.01. The van der Waals surface area contributed by atoms with Crippen molar-refractivity contribution in [3.8, 4) is 0 Å². The third-order valence-electron chi connectivity index (χ3n) is 3.07. The van der Waals surface area contributed by atoms with Gasteiger partial charge in [0.25, 0.3) is 0 Å². The van der Waals surface area contributed by atoms with Gasteiger partial charge in [0.05, 0.1) is 0 Å². The predicted molar refractivity (Wildman–Crippen MR) is 70.7 cm³/mol. The van der Waals surface area contributed by atoms with Crippen LogP contribution in [0.4, 0.5) is 4.39 Å². The van der Waals surface area contributed by atoms with E-state index in [0.29, 0.717) is 0 Å². The Bertz CT molecular complexity index is 538. The molecule has 94 valence electrons. The topological polar surface area (TPSA) is 24.9 Å². The van der Waals surface area contributed by atoms with Crippen LogP contribution in [0, 0.1) is 19.7 Å². The van der Waals surface area contributed by atoms with Crippen molar-refractivity contribution >= 4 is 0 Å². The lowest BCUT2D eigenvalue weighted by Gasteiger charge is -2.09. The summed E-state index contributed by atoms with van der Waals surface area (Å²) in [7, 11) is 0. The van der Waals surface area contributed by atoms with Gasteiger partial charge in [-0.3, -0.25) is 4.98 Å². The number of nitrogens with zero attached hydrogens (tertiary/aromatic N) is 1. The van der Waals surface area contributed by atoms with Crippen molar-refractivity contribution in [1.29, 1.82) is 0 Å². The van der Waals surface area contributed by atoms with Crippen LogP contribution in [0.15, 0.2) is 36.7 Å². The molecule has 18 heavy (non-hydrogen) atoms. The minimum absolute atomic E-state index is 0.179. The number of aryl methyl sites for hydroxylation is 2. The number of nitrogens with one attached hydrogen (secondary N) is 1. The zero-order chi connectivity index (χ0) is 13.0. The minimum atomic E-state index is -0.179. The van der Waals surface area contributed by atoms with Crippen LogP contribution < -0.4 is 5.32 Å². The van der Waals surface area contributed by atoms with Gasteiger partial charge in [0.2, 0.25) is 0 Å². The van der Waals surface area contributed by atoms with Gasteiger partial charge in [0, 0.05) is 25.5 Å². The molecule has 0 unspecified atom stereocenters. The molecular weight excluding hydrogens is 227 g/mol. The lowest BCUT2D eigenvalue weighted by atomic mass is 10.1. The van der Waals surface area contributed by atoms with E-state index in [1.54, 1.807) is 12.3 Å². The quantitative estimate of drug-likeness (QED) is 0.893. The Balaban J connectivity index is 1.95. The number of pyridine rings is 1. The zero-order valence-electron chi connectivity index (χ0n) is 10.7. The van der Waals surface area contributed by atoms with Crippen LogP contribution >= 0.6 is 0 Å². The number of halogens is 1. The Morgan fingerprint density at radius 1 is 1.06 bits per heavy atom. The average Bonchev–Trinajstić information content (AvgIpc) is 2.34. The van der Waals surface area contributed by atoms with Crippen LogP contribution in [0.2, 0.25) is 0 Å². The second-order valence-electron chi connectivity index (χ2n) is 4.48. The van der Waals surface area contributed by atoms with Gasteiger partial charge in [0.1, 0.15) is 5.82 Å². The van der Waals surface area contributed by atoms with Gasteiger partial charge in [-0.05, 0) is 54.3 Å². The molecule has 1 heterocycles. The number of rotatable bonds is 4. The molecular formula is C15H17FN2. The van der Waals surface area contributed by atoms with E-state index in [9.17, 15) is 4.39 Å². The second kappa shape index (κ2) is 5.74. The first-order valence-corrected chi connectivity index (χ1v) is 6.02. The van der Waals surface area contributed by atoms with Crippen molar-refractivity contribution in [1.82, 2.24) is 10.3 Å². The molecule has 1 aromatic heterocycles. The van der Waals surface area contributed by atoms with Crippen molar-refractivity contribution in [2.45, 2.75) is 26.9 Å². The summed E-state index contributed by atoms with van der Waals surface area (Å²) in [6.07, 6.45) is 3.66. The van der Waals surface area contributed by atoms with Crippen LogP contribution in [0.25, 0.3) is 0 Å². The summed E-state index contributed by atoms with van der Waals surface area (Å²) in [4.78, 5) is 4.07. The summed E-state index contributed by atoms with van der Waals surface area (Å²) in [5, 5.41) is 3.37. The lowest BCUT2D eigenvalue weighted by molar-refractivity contribution is 0.623. The largest absolute Gasteiger partial charge is 0.309 e. The van der Waals surface area contributed by atoms with Gasteiger partial charge in [0.15, 0.2) is 0 Å². The summed E-state index contributed by atoms with van der Waals surface area (Å²) < 4.78 is 13.0. The Morgan fingerprint density at radius 2 is 1.78 bits per heavy atom. The fourth-order valence-electron chi connectivity index (χ4n) is 1.89. The lowest BCUT2D eigenvalue weighted by Crippen LogP contribution is -2.14. The maximum absolute atomic E-state index is 13.0. The van der Waals surface area contributed by atoms with Crippen LogP contribution in [-0.2, 0) is 13.1 Å². The fourth-order valence-corrected chi connectivity index (χ4v) is 1.89. The summed E-state index contributed by atoms with van der Waals surface area (Å²) in [5.74, 6) is -0.179. The van der Waals surface area contributed by atoms with E-state index in [1.165, 1.54) is 17.2 Å². The zero-order valence-corrected chi connectivity index (χ0v) is 10.7. The molecule has 0 saturated heterocycles. The fraction of sp³-hybridized carbons (Fsp3) is 0.267. The molecule has 1 N–H and O–H groups in total. The number of benzene rings is 1. The van der Waals surface area contributed by atoms with E-state index in [4.69, 9.17) is 0 Å². The molecule has 2 rings (SSSR count). The van der Waals surface area contributed by atoms with Crippen LogP contribution in [0.5, 0.6) is 0 Å². The predicted octanol–water partition coefficient (Wildman–Crippen LogP) is 3.13. The van der Waals surface area contributed by atoms with E-state index in [1.807, 2.05) is 32.2 Å². The summed E-state index contributed by atoms with van der Waals surface area (Å²) >= 11 is 0. The highest BCUT2D eigenvalue weighted by molar-refractivity contribution is 5.27. The van der Waals surface area contributed by atoms with Gasteiger partial charge in [-0.15, -0.1) is 0 Å². The molecule has 0 atom stereocenters. The normalized spacial score (nSPS) is 10.6. The third-order valence-corrected chi connectivity index (χ3v) is 3.07. The maximum Gasteiger partial charge on any atom is 0.123 e. The number of hydrogen-bond acceptors (Lipinski definition) is 2. The molecule has 0 aliphatic carbocycles. The van der Waals surface area contributed by atoms with Crippen molar-refractivity contribution in [3.05, 3.63) is 64.7 Å². The summed E-state index contributed by atoms with van der Waals surface area (Å²) in [6, 6.07) is 6.91. The molecule has 0 aliphatic rings. The molecule has 0 amide bonds. The van der Waals surface area contributed by atoms with E-state index in [-0.39, 0.29) is 5.82 Å². The maximum atomic E-state index is 13.0.